The van der Waals surface area contributed by atoms with Gasteiger partial charge < -0.3 is 0 Å². The van der Waals surface area contributed by atoms with Crippen molar-refractivity contribution in [2.45, 2.75) is 0 Å². The van der Waals surface area contributed by atoms with Crippen LogP contribution in [0.4, 0.5) is 4.39 Å². The smallest absolute Gasteiger partial charge is 0.195 e. The molecule has 1 heterocycles. The van der Waals surface area contributed by atoms with Gasteiger partial charge in [0.15, 0.2) is 5.78 Å². The first kappa shape index (κ1) is 12.9. The molecule has 1 aromatic heterocycles. The van der Waals surface area contributed by atoms with Crippen molar-refractivity contribution in [2.75, 3.05) is 0 Å². The summed E-state index contributed by atoms with van der Waals surface area (Å²) in [5.41, 5.74) is 1.40. The summed E-state index contributed by atoms with van der Waals surface area (Å²) in [5, 5.41) is 0.883. The molecule has 0 saturated carbocycles. The number of pyridine rings is 1. The van der Waals surface area contributed by atoms with Crippen LogP contribution in [-0.2, 0) is 0 Å². The lowest BCUT2D eigenvalue weighted by Gasteiger charge is -2.05. The van der Waals surface area contributed by atoms with E-state index in [1.165, 1.54) is 12.1 Å². The van der Waals surface area contributed by atoms with E-state index < -0.39 is 5.82 Å². The predicted molar refractivity (Wildman–Crippen MR) is 79.3 cm³/mol. The van der Waals surface area contributed by atoms with Crippen LogP contribution in [-0.4, -0.2) is 10.8 Å². The molecule has 0 aliphatic rings. The van der Waals surface area contributed by atoms with Crippen LogP contribution in [0.15, 0.2) is 59.2 Å². The van der Waals surface area contributed by atoms with Crippen LogP contribution in [0.2, 0.25) is 0 Å². The largest absolute Gasteiger partial charge is 0.289 e. The van der Waals surface area contributed by atoms with Crippen molar-refractivity contribution in [3.05, 3.63) is 76.1 Å². The normalized spacial score (nSPS) is 10.7. The number of hydrogen-bond donors (Lipinski definition) is 0. The minimum atomic E-state index is -0.448. The summed E-state index contributed by atoms with van der Waals surface area (Å²) in [6, 6.07) is 13.2. The average Bonchev–Trinajstić information content (AvgIpc) is 2.45. The molecule has 4 heteroatoms. The van der Waals surface area contributed by atoms with Gasteiger partial charge in [-0.3, -0.25) is 9.78 Å². The second kappa shape index (κ2) is 5.13. The molecule has 0 aliphatic carbocycles. The third kappa shape index (κ3) is 2.34. The molecule has 0 amide bonds. The van der Waals surface area contributed by atoms with E-state index in [0.29, 0.717) is 21.1 Å². The van der Waals surface area contributed by atoms with Crippen LogP contribution in [0.25, 0.3) is 10.9 Å². The van der Waals surface area contributed by atoms with E-state index in [4.69, 9.17) is 0 Å². The van der Waals surface area contributed by atoms with Gasteiger partial charge in [0.25, 0.3) is 0 Å². The molecule has 3 rings (SSSR count). The topological polar surface area (TPSA) is 30.0 Å². The Hall–Kier alpha value is -2.07. The number of rotatable bonds is 2. The van der Waals surface area contributed by atoms with Gasteiger partial charge in [-0.15, -0.1) is 0 Å². The van der Waals surface area contributed by atoms with Crippen molar-refractivity contribution in [1.82, 2.24) is 4.98 Å². The number of benzene rings is 2. The third-order valence-electron chi connectivity index (χ3n) is 3.00. The summed E-state index contributed by atoms with van der Waals surface area (Å²) in [4.78, 5) is 16.8. The first-order valence-electron chi connectivity index (χ1n) is 6.00. The highest BCUT2D eigenvalue weighted by molar-refractivity contribution is 9.10. The van der Waals surface area contributed by atoms with Gasteiger partial charge in [-0.25, -0.2) is 4.39 Å². The maximum absolute atomic E-state index is 13.4. The fourth-order valence-corrected chi connectivity index (χ4v) is 2.59. The number of fused-ring (bicyclic) bond motifs is 1. The minimum absolute atomic E-state index is 0.241. The third-order valence-corrected chi connectivity index (χ3v) is 3.46. The van der Waals surface area contributed by atoms with Crippen molar-refractivity contribution in [3.63, 3.8) is 0 Å². The molecule has 0 saturated heterocycles. The van der Waals surface area contributed by atoms with Gasteiger partial charge in [-0.05, 0) is 30.3 Å². The Morgan fingerprint density at radius 1 is 1.10 bits per heavy atom. The second-order valence-corrected chi connectivity index (χ2v) is 5.28. The lowest BCUT2D eigenvalue weighted by molar-refractivity contribution is 0.103. The zero-order valence-corrected chi connectivity index (χ0v) is 11.9. The number of carbonyl (C=O) groups is 1. The summed E-state index contributed by atoms with van der Waals surface area (Å²) in [5.74, 6) is -0.689. The zero-order chi connectivity index (χ0) is 14.1. The van der Waals surface area contributed by atoms with Gasteiger partial charge in [-0.1, -0.05) is 34.1 Å². The molecule has 20 heavy (non-hydrogen) atoms. The molecular weight excluding hydrogens is 321 g/mol. The molecule has 0 fully saturated rings. The molecule has 0 spiro atoms. The molecule has 0 unspecified atom stereocenters. The first-order chi connectivity index (χ1) is 9.65. The number of nitrogens with zero attached hydrogens (tertiary/aromatic N) is 1. The van der Waals surface area contributed by atoms with Gasteiger partial charge in [0.1, 0.15) is 5.82 Å². The van der Waals surface area contributed by atoms with E-state index in [-0.39, 0.29) is 5.78 Å². The van der Waals surface area contributed by atoms with Crippen LogP contribution in [0.3, 0.4) is 0 Å². The minimum Gasteiger partial charge on any atom is -0.289 e. The number of carbonyl (C=O) groups excluding carboxylic acids is 1. The van der Waals surface area contributed by atoms with Crippen LogP contribution >= 0.6 is 15.9 Å². The van der Waals surface area contributed by atoms with Gasteiger partial charge in [-0.2, -0.15) is 0 Å². The molecule has 2 aromatic carbocycles. The van der Waals surface area contributed by atoms with Crippen LogP contribution < -0.4 is 0 Å². The van der Waals surface area contributed by atoms with E-state index in [1.54, 1.807) is 24.4 Å². The molecule has 3 aromatic rings. The van der Waals surface area contributed by atoms with Crippen molar-refractivity contribution < 1.29 is 9.18 Å². The second-order valence-electron chi connectivity index (χ2n) is 4.37. The van der Waals surface area contributed by atoms with E-state index in [1.807, 2.05) is 18.2 Å². The zero-order valence-electron chi connectivity index (χ0n) is 10.3. The van der Waals surface area contributed by atoms with Gasteiger partial charge in [0, 0.05) is 27.2 Å². The maximum atomic E-state index is 13.4. The van der Waals surface area contributed by atoms with Crippen LogP contribution in [0, 0.1) is 5.82 Å². The number of para-hydroxylation sites is 1. The SMILES string of the molecule is O=C(c1cc(F)cc(Br)c1)c1cccc2cccnc12. The van der Waals surface area contributed by atoms with Crippen LogP contribution in [0.5, 0.6) is 0 Å². The summed E-state index contributed by atoms with van der Waals surface area (Å²) in [7, 11) is 0. The molecule has 2 nitrogen and oxygen atoms in total. The Balaban J connectivity index is 2.17. The van der Waals surface area contributed by atoms with Gasteiger partial charge >= 0.3 is 0 Å². The summed E-state index contributed by atoms with van der Waals surface area (Å²) < 4.78 is 14.0. The van der Waals surface area contributed by atoms with Crippen molar-refractivity contribution in [3.8, 4) is 0 Å². The maximum Gasteiger partial charge on any atom is 0.195 e. The summed E-state index contributed by atoms with van der Waals surface area (Å²) >= 11 is 3.20. The van der Waals surface area contributed by atoms with Gasteiger partial charge in [0.05, 0.1) is 5.52 Å². The fourth-order valence-electron chi connectivity index (χ4n) is 2.13. The Kier molecular flexibility index (Phi) is 3.32. The lowest BCUT2D eigenvalue weighted by Crippen LogP contribution is -2.03. The number of halogens is 2. The highest BCUT2D eigenvalue weighted by Gasteiger charge is 2.14. The monoisotopic (exact) mass is 329 g/mol. The first-order valence-corrected chi connectivity index (χ1v) is 6.79. The van der Waals surface area contributed by atoms with Crippen molar-refractivity contribution in [1.29, 1.82) is 0 Å². The molecule has 0 atom stereocenters. The summed E-state index contributed by atoms with van der Waals surface area (Å²) in [6.07, 6.45) is 1.64. The molecule has 0 radical (unpaired) electrons. The average molecular weight is 330 g/mol. The lowest BCUT2D eigenvalue weighted by atomic mass is 10.0. The predicted octanol–water partition coefficient (Wildman–Crippen LogP) is 4.37. The Bertz CT molecular complexity index is 791. The highest BCUT2D eigenvalue weighted by atomic mass is 79.9. The number of hydrogen-bond acceptors (Lipinski definition) is 2. The Morgan fingerprint density at radius 2 is 1.90 bits per heavy atom. The number of ketones is 1. The molecule has 98 valence electrons. The fraction of sp³-hybridized carbons (Fsp3) is 0. The standard InChI is InChI=1S/C16H9BrFNO/c17-12-7-11(8-13(18)9-12)16(20)14-5-1-3-10-4-2-6-19-15(10)14/h1-9H. The quantitative estimate of drug-likeness (QED) is 0.653. The van der Waals surface area contributed by atoms with E-state index in [2.05, 4.69) is 20.9 Å². The highest BCUT2D eigenvalue weighted by Crippen LogP contribution is 2.22. The van der Waals surface area contributed by atoms with Gasteiger partial charge in [0.2, 0.25) is 0 Å². The number of aromatic nitrogens is 1. The molecule has 0 bridgehead atoms. The van der Waals surface area contributed by atoms with Crippen molar-refractivity contribution in [2.24, 2.45) is 0 Å². The van der Waals surface area contributed by atoms with Crippen molar-refractivity contribution >= 4 is 32.6 Å². The molecule has 0 N–H and O–H groups in total. The van der Waals surface area contributed by atoms with E-state index in [0.717, 1.165) is 5.39 Å². The Morgan fingerprint density at radius 3 is 2.70 bits per heavy atom. The molecule has 0 aliphatic heterocycles. The van der Waals surface area contributed by atoms with E-state index in [9.17, 15) is 9.18 Å². The van der Waals surface area contributed by atoms with E-state index >= 15 is 0 Å². The Labute approximate surface area is 123 Å². The van der Waals surface area contributed by atoms with Crippen LogP contribution in [0.1, 0.15) is 15.9 Å². The molecular formula is C16H9BrFNO. The summed E-state index contributed by atoms with van der Waals surface area (Å²) in [6.45, 7) is 0.